The summed E-state index contributed by atoms with van der Waals surface area (Å²) in [7, 11) is 0. The van der Waals surface area contributed by atoms with Crippen LogP contribution in [0.3, 0.4) is 0 Å². The Morgan fingerprint density at radius 1 is 1.41 bits per heavy atom. The number of hydrogen-bond donors (Lipinski definition) is 1. The van der Waals surface area contributed by atoms with Crippen LogP contribution in [-0.2, 0) is 13.2 Å². The summed E-state index contributed by atoms with van der Waals surface area (Å²) in [6.07, 6.45) is 1.65. The fourth-order valence-corrected chi connectivity index (χ4v) is 1.97. The molecule has 0 unspecified atom stereocenters. The summed E-state index contributed by atoms with van der Waals surface area (Å²) in [5.74, 6) is 0.706. The van der Waals surface area contributed by atoms with E-state index in [1.165, 1.54) is 0 Å². The second kappa shape index (κ2) is 4.71. The number of aryl methyl sites for hydroxylation is 2. The number of hydrogen-bond acceptors (Lipinski definition) is 4. The third kappa shape index (κ3) is 1.86. The van der Waals surface area contributed by atoms with E-state index in [4.69, 9.17) is 4.74 Å². The standard InChI is InChI=1S/C12H17N3O2/c1-4-15-12-10(8(3)14-15)11(17-5-2)9(7-16)6-13-12/h6,16H,4-5,7H2,1-3H3. The van der Waals surface area contributed by atoms with E-state index in [2.05, 4.69) is 10.1 Å². The average Bonchev–Trinajstić information content (AvgIpc) is 2.67. The van der Waals surface area contributed by atoms with Gasteiger partial charge in [-0.15, -0.1) is 0 Å². The van der Waals surface area contributed by atoms with Crippen molar-refractivity contribution in [2.75, 3.05) is 6.61 Å². The molecule has 2 aromatic rings. The first-order chi connectivity index (χ1) is 8.22. The van der Waals surface area contributed by atoms with Crippen LogP contribution < -0.4 is 4.74 Å². The number of fused-ring (bicyclic) bond motifs is 1. The van der Waals surface area contributed by atoms with E-state index >= 15 is 0 Å². The van der Waals surface area contributed by atoms with Gasteiger partial charge >= 0.3 is 0 Å². The van der Waals surface area contributed by atoms with Crippen molar-refractivity contribution in [1.29, 1.82) is 0 Å². The Hall–Kier alpha value is -1.62. The molecule has 0 aromatic carbocycles. The maximum absolute atomic E-state index is 9.31. The molecule has 0 saturated carbocycles. The molecule has 2 heterocycles. The van der Waals surface area contributed by atoms with Gasteiger partial charge in [0.1, 0.15) is 5.75 Å². The second-order valence-electron chi connectivity index (χ2n) is 3.80. The molecule has 0 bridgehead atoms. The maximum atomic E-state index is 9.31. The van der Waals surface area contributed by atoms with E-state index in [0.717, 1.165) is 23.3 Å². The van der Waals surface area contributed by atoms with Gasteiger partial charge in [-0.1, -0.05) is 0 Å². The lowest BCUT2D eigenvalue weighted by Crippen LogP contribution is -2.01. The molecular formula is C12H17N3O2. The lowest BCUT2D eigenvalue weighted by molar-refractivity contribution is 0.267. The first kappa shape index (κ1) is 11.9. The van der Waals surface area contributed by atoms with E-state index in [1.807, 2.05) is 25.5 Å². The van der Waals surface area contributed by atoms with Crippen LogP contribution in [0.2, 0.25) is 0 Å². The van der Waals surface area contributed by atoms with Gasteiger partial charge in [0, 0.05) is 18.3 Å². The number of rotatable bonds is 4. The monoisotopic (exact) mass is 235 g/mol. The lowest BCUT2D eigenvalue weighted by atomic mass is 10.2. The molecule has 0 fully saturated rings. The first-order valence-electron chi connectivity index (χ1n) is 5.81. The van der Waals surface area contributed by atoms with Crippen LogP contribution in [0.5, 0.6) is 5.75 Å². The topological polar surface area (TPSA) is 60.2 Å². The molecule has 92 valence electrons. The number of aliphatic hydroxyl groups excluding tert-OH is 1. The molecule has 2 aromatic heterocycles. The van der Waals surface area contributed by atoms with Crippen molar-refractivity contribution in [3.63, 3.8) is 0 Å². The van der Waals surface area contributed by atoms with Crippen molar-refractivity contribution in [2.45, 2.75) is 33.9 Å². The number of ether oxygens (including phenoxy) is 1. The van der Waals surface area contributed by atoms with Crippen LogP contribution in [0.15, 0.2) is 6.20 Å². The highest BCUT2D eigenvalue weighted by atomic mass is 16.5. The van der Waals surface area contributed by atoms with E-state index in [-0.39, 0.29) is 6.61 Å². The molecule has 1 N–H and O–H groups in total. The highest BCUT2D eigenvalue weighted by molar-refractivity contribution is 5.86. The van der Waals surface area contributed by atoms with E-state index in [0.29, 0.717) is 17.9 Å². The predicted octanol–water partition coefficient (Wildman–Crippen LogP) is 1.65. The van der Waals surface area contributed by atoms with E-state index in [9.17, 15) is 5.11 Å². The third-order valence-electron chi connectivity index (χ3n) is 2.72. The fourth-order valence-electron chi connectivity index (χ4n) is 1.97. The zero-order valence-corrected chi connectivity index (χ0v) is 10.4. The molecule has 0 saturated heterocycles. The summed E-state index contributed by atoms with van der Waals surface area (Å²) in [5, 5.41) is 14.6. The van der Waals surface area contributed by atoms with Gasteiger partial charge in [0.25, 0.3) is 0 Å². The number of aliphatic hydroxyl groups is 1. The zero-order valence-electron chi connectivity index (χ0n) is 10.4. The molecule has 0 aliphatic heterocycles. The van der Waals surface area contributed by atoms with Crippen molar-refractivity contribution in [3.8, 4) is 5.75 Å². The lowest BCUT2D eigenvalue weighted by Gasteiger charge is -2.09. The Bertz CT molecular complexity index is 534. The summed E-state index contributed by atoms with van der Waals surface area (Å²) in [6.45, 7) is 7.12. The summed E-state index contributed by atoms with van der Waals surface area (Å²) >= 11 is 0. The fraction of sp³-hybridized carbons (Fsp3) is 0.500. The Balaban J connectivity index is 2.75. The van der Waals surface area contributed by atoms with Crippen molar-refractivity contribution >= 4 is 11.0 Å². The van der Waals surface area contributed by atoms with E-state index < -0.39 is 0 Å². The molecule has 5 heteroatoms. The molecule has 0 amide bonds. The minimum atomic E-state index is -0.0744. The summed E-state index contributed by atoms with van der Waals surface area (Å²) in [6, 6.07) is 0. The largest absolute Gasteiger partial charge is 0.493 e. The highest BCUT2D eigenvalue weighted by Gasteiger charge is 2.16. The van der Waals surface area contributed by atoms with Crippen LogP contribution in [-0.4, -0.2) is 26.5 Å². The highest BCUT2D eigenvalue weighted by Crippen LogP contribution is 2.31. The molecule has 5 nitrogen and oxygen atoms in total. The van der Waals surface area contributed by atoms with Crippen molar-refractivity contribution in [3.05, 3.63) is 17.5 Å². The molecule has 0 atom stereocenters. The van der Waals surface area contributed by atoms with Gasteiger partial charge in [-0.05, 0) is 20.8 Å². The Labute approximate surface area is 100 Å². The normalized spacial score (nSPS) is 11.1. The zero-order chi connectivity index (χ0) is 12.4. The van der Waals surface area contributed by atoms with Crippen LogP contribution in [0, 0.1) is 6.92 Å². The molecular weight excluding hydrogens is 218 g/mol. The Morgan fingerprint density at radius 2 is 2.18 bits per heavy atom. The SMILES string of the molecule is CCOc1c(CO)cnc2c1c(C)nn2CC. The van der Waals surface area contributed by atoms with Gasteiger partial charge in [-0.3, -0.25) is 0 Å². The van der Waals surface area contributed by atoms with Crippen molar-refractivity contribution in [2.24, 2.45) is 0 Å². The number of aromatic nitrogens is 3. The summed E-state index contributed by atoms with van der Waals surface area (Å²) in [4.78, 5) is 4.35. The smallest absolute Gasteiger partial charge is 0.161 e. The molecule has 0 spiro atoms. The Morgan fingerprint density at radius 3 is 2.76 bits per heavy atom. The first-order valence-corrected chi connectivity index (χ1v) is 5.81. The van der Waals surface area contributed by atoms with Crippen molar-refractivity contribution in [1.82, 2.24) is 14.8 Å². The number of pyridine rings is 1. The van der Waals surface area contributed by atoms with Crippen LogP contribution in [0.1, 0.15) is 25.1 Å². The molecule has 0 radical (unpaired) electrons. The third-order valence-corrected chi connectivity index (χ3v) is 2.72. The molecule has 0 aliphatic rings. The van der Waals surface area contributed by atoms with Crippen LogP contribution >= 0.6 is 0 Å². The van der Waals surface area contributed by atoms with Crippen molar-refractivity contribution < 1.29 is 9.84 Å². The maximum Gasteiger partial charge on any atom is 0.161 e. The Kier molecular flexibility index (Phi) is 3.28. The van der Waals surface area contributed by atoms with Gasteiger partial charge in [0.05, 0.1) is 24.3 Å². The molecule has 0 aliphatic carbocycles. The minimum absolute atomic E-state index is 0.0744. The predicted molar refractivity (Wildman–Crippen MR) is 65.0 cm³/mol. The van der Waals surface area contributed by atoms with Gasteiger partial charge < -0.3 is 9.84 Å². The summed E-state index contributed by atoms with van der Waals surface area (Å²) in [5.41, 5.74) is 2.40. The molecule has 2 rings (SSSR count). The molecule has 17 heavy (non-hydrogen) atoms. The van der Waals surface area contributed by atoms with Crippen LogP contribution in [0.25, 0.3) is 11.0 Å². The minimum Gasteiger partial charge on any atom is -0.493 e. The second-order valence-corrected chi connectivity index (χ2v) is 3.80. The van der Waals surface area contributed by atoms with Gasteiger partial charge in [0.2, 0.25) is 0 Å². The van der Waals surface area contributed by atoms with Gasteiger partial charge in [0.15, 0.2) is 5.65 Å². The quantitative estimate of drug-likeness (QED) is 0.875. The van der Waals surface area contributed by atoms with Crippen LogP contribution in [0.4, 0.5) is 0 Å². The number of nitrogens with zero attached hydrogens (tertiary/aromatic N) is 3. The van der Waals surface area contributed by atoms with Gasteiger partial charge in [-0.25, -0.2) is 9.67 Å². The van der Waals surface area contributed by atoms with Gasteiger partial charge in [-0.2, -0.15) is 5.10 Å². The average molecular weight is 235 g/mol. The summed E-state index contributed by atoms with van der Waals surface area (Å²) < 4.78 is 7.47. The van der Waals surface area contributed by atoms with E-state index in [1.54, 1.807) is 6.20 Å².